The van der Waals surface area contributed by atoms with E-state index in [2.05, 4.69) is 24.5 Å². The molecule has 0 aromatic heterocycles. The summed E-state index contributed by atoms with van der Waals surface area (Å²) in [6.45, 7) is 17.3. The van der Waals surface area contributed by atoms with Gasteiger partial charge in [0.15, 0.2) is 6.04 Å². The molecule has 0 saturated carbocycles. The summed E-state index contributed by atoms with van der Waals surface area (Å²) in [5, 5.41) is 5.46. The highest BCUT2D eigenvalue weighted by atomic mass is 32.2. The van der Waals surface area contributed by atoms with Gasteiger partial charge >= 0.3 is 12.1 Å². The maximum absolute atomic E-state index is 13.6. The number of unbranched alkanes of at least 4 members (excludes halogenated alkanes) is 26. The summed E-state index contributed by atoms with van der Waals surface area (Å²) in [5.74, 6) is -0.314. The number of carbonyl (C=O) groups is 3. The van der Waals surface area contributed by atoms with Gasteiger partial charge in [-0.15, -0.1) is 0 Å². The molecule has 0 bridgehead atoms. The van der Waals surface area contributed by atoms with Gasteiger partial charge in [0.05, 0.1) is 32.0 Å². The normalized spacial score (nSPS) is 13.4. The molecular weight excluding hydrogens is 801 g/mol. The summed E-state index contributed by atoms with van der Waals surface area (Å²) >= 11 is 1.51. The van der Waals surface area contributed by atoms with E-state index in [0.29, 0.717) is 25.6 Å². The zero-order valence-corrected chi connectivity index (χ0v) is 42.8. The number of rotatable bonds is 43. The smallest absolute Gasteiger partial charge is 0.408 e. The first-order valence-electron chi connectivity index (χ1n) is 25.5. The standard InChI is InChI=1S/C51H100N2O8S/c1-10-12-14-16-18-20-22-24-26-28-30-32-34-36-38-58-40-44(59-39-37-35-33-31-29-27-25-23-21-19-17-15-13-11-2)42-62-43-46(53-49(56)61-51(6,7)8)47(54)52-45(48(55)57-9)41-60-50(3,4)5/h44-46H,10-43H2,1-9H3,(H,52,54)(H,53,56)/t44-,45+,46+/m1/s1. The van der Waals surface area contributed by atoms with Crippen molar-refractivity contribution in [3.8, 4) is 0 Å². The largest absolute Gasteiger partial charge is 0.467 e. The van der Waals surface area contributed by atoms with Crippen LogP contribution in [-0.2, 0) is 33.3 Å². The maximum Gasteiger partial charge on any atom is 0.408 e. The van der Waals surface area contributed by atoms with E-state index in [1.165, 1.54) is 179 Å². The zero-order valence-electron chi connectivity index (χ0n) is 41.9. The zero-order chi connectivity index (χ0) is 46.2. The molecule has 0 fully saturated rings. The monoisotopic (exact) mass is 901 g/mol. The summed E-state index contributed by atoms with van der Waals surface area (Å²) < 4.78 is 28.8. The summed E-state index contributed by atoms with van der Waals surface area (Å²) in [5.41, 5.74) is -1.28. The quantitative estimate of drug-likeness (QED) is 0.0455. The molecule has 0 aliphatic carbocycles. The predicted molar refractivity (Wildman–Crippen MR) is 261 cm³/mol. The molecule has 0 rings (SSSR count). The molecule has 3 atom stereocenters. The molecule has 0 aromatic rings. The fourth-order valence-corrected chi connectivity index (χ4v) is 8.23. The number of carbonyl (C=O) groups excluding carboxylic acids is 3. The summed E-state index contributed by atoms with van der Waals surface area (Å²) in [6.07, 6.45) is 36.0. The minimum Gasteiger partial charge on any atom is -0.467 e. The molecule has 368 valence electrons. The van der Waals surface area contributed by atoms with Gasteiger partial charge in [0, 0.05) is 24.7 Å². The van der Waals surface area contributed by atoms with Crippen LogP contribution >= 0.6 is 11.8 Å². The molecular formula is C51H100N2O8S. The third-order valence-corrected chi connectivity index (χ3v) is 12.1. The summed E-state index contributed by atoms with van der Waals surface area (Å²) in [4.78, 5) is 39.1. The van der Waals surface area contributed by atoms with Gasteiger partial charge in [0.2, 0.25) is 5.91 Å². The average molecular weight is 901 g/mol. The van der Waals surface area contributed by atoms with Crippen LogP contribution < -0.4 is 10.6 Å². The highest BCUT2D eigenvalue weighted by Gasteiger charge is 2.30. The Kier molecular flexibility index (Phi) is 39.9. The lowest BCUT2D eigenvalue weighted by molar-refractivity contribution is -0.148. The lowest BCUT2D eigenvalue weighted by Gasteiger charge is -2.27. The van der Waals surface area contributed by atoms with Gasteiger partial charge in [-0.25, -0.2) is 9.59 Å². The number of esters is 1. The first kappa shape index (κ1) is 60.4. The lowest BCUT2D eigenvalue weighted by Crippen LogP contribution is -2.55. The highest BCUT2D eigenvalue weighted by Crippen LogP contribution is 2.17. The van der Waals surface area contributed by atoms with E-state index in [9.17, 15) is 14.4 Å². The Hall–Kier alpha value is -1.56. The van der Waals surface area contributed by atoms with Gasteiger partial charge in [0.25, 0.3) is 0 Å². The van der Waals surface area contributed by atoms with Crippen molar-refractivity contribution in [2.45, 2.75) is 265 Å². The van der Waals surface area contributed by atoms with Crippen molar-refractivity contribution in [2.24, 2.45) is 0 Å². The van der Waals surface area contributed by atoms with Crippen LogP contribution in [0, 0.1) is 0 Å². The van der Waals surface area contributed by atoms with Crippen LogP contribution in [0.25, 0.3) is 0 Å². The van der Waals surface area contributed by atoms with Gasteiger partial charge in [-0.2, -0.15) is 11.8 Å². The number of thioether (sulfide) groups is 1. The third kappa shape index (κ3) is 41.2. The molecule has 11 heteroatoms. The van der Waals surface area contributed by atoms with E-state index >= 15 is 0 Å². The van der Waals surface area contributed by atoms with E-state index in [0.717, 1.165) is 19.3 Å². The number of methoxy groups -OCH3 is 1. The van der Waals surface area contributed by atoms with Crippen LogP contribution in [-0.4, -0.2) is 92.4 Å². The van der Waals surface area contributed by atoms with E-state index in [4.69, 9.17) is 23.7 Å². The van der Waals surface area contributed by atoms with Crippen molar-refractivity contribution in [3.05, 3.63) is 0 Å². The van der Waals surface area contributed by atoms with Gasteiger partial charge < -0.3 is 34.3 Å². The van der Waals surface area contributed by atoms with Crippen molar-refractivity contribution in [2.75, 3.05) is 45.0 Å². The molecule has 0 saturated heterocycles. The van der Waals surface area contributed by atoms with Gasteiger partial charge in [-0.3, -0.25) is 4.79 Å². The predicted octanol–water partition coefficient (Wildman–Crippen LogP) is 13.5. The minimum atomic E-state index is -1.04. The van der Waals surface area contributed by atoms with Crippen LogP contribution in [0.15, 0.2) is 0 Å². The van der Waals surface area contributed by atoms with E-state index < -0.39 is 41.3 Å². The average Bonchev–Trinajstić information content (AvgIpc) is 3.21. The van der Waals surface area contributed by atoms with Crippen LogP contribution in [0.1, 0.15) is 235 Å². The first-order chi connectivity index (χ1) is 29.7. The molecule has 2 N–H and O–H groups in total. The molecule has 0 heterocycles. The Morgan fingerprint density at radius 2 is 0.919 bits per heavy atom. The van der Waals surface area contributed by atoms with Crippen molar-refractivity contribution in [1.82, 2.24) is 10.6 Å². The molecule has 0 spiro atoms. The molecule has 0 aliphatic rings. The van der Waals surface area contributed by atoms with Crippen LogP contribution in [0.2, 0.25) is 0 Å². The Labute approximate surface area is 386 Å². The van der Waals surface area contributed by atoms with Gasteiger partial charge in [-0.1, -0.05) is 181 Å². The van der Waals surface area contributed by atoms with Crippen LogP contribution in [0.5, 0.6) is 0 Å². The Morgan fingerprint density at radius 3 is 1.32 bits per heavy atom. The SMILES string of the molecule is CCCCCCCCCCCCCCCCOC[C@H](CSC[C@H](NC(=O)OC(C)(C)C)C(=O)N[C@@H](COC(C)(C)C)C(=O)OC)OCCCCCCCCCCCCCCCC. The van der Waals surface area contributed by atoms with Crippen molar-refractivity contribution in [1.29, 1.82) is 0 Å². The number of amides is 2. The van der Waals surface area contributed by atoms with Gasteiger partial charge in [0.1, 0.15) is 11.6 Å². The number of hydrogen-bond acceptors (Lipinski definition) is 9. The number of alkyl carbamates (subject to hydrolysis) is 1. The maximum atomic E-state index is 13.6. The second-order valence-corrected chi connectivity index (χ2v) is 20.6. The van der Waals surface area contributed by atoms with Crippen molar-refractivity contribution < 1.29 is 38.1 Å². The molecule has 62 heavy (non-hydrogen) atoms. The summed E-state index contributed by atoms with van der Waals surface area (Å²) in [7, 11) is 1.27. The van der Waals surface area contributed by atoms with E-state index in [1.807, 2.05) is 20.8 Å². The number of ether oxygens (including phenoxy) is 5. The minimum absolute atomic E-state index is 0.0694. The first-order valence-corrected chi connectivity index (χ1v) is 26.7. The molecule has 10 nitrogen and oxygen atoms in total. The molecule has 0 radical (unpaired) electrons. The van der Waals surface area contributed by atoms with Gasteiger partial charge in [-0.05, 0) is 54.4 Å². The summed E-state index contributed by atoms with van der Waals surface area (Å²) in [6, 6.07) is -2.01. The second kappa shape index (κ2) is 40.9. The lowest BCUT2D eigenvalue weighted by atomic mass is 10.0. The second-order valence-electron chi connectivity index (χ2n) is 19.5. The van der Waals surface area contributed by atoms with Crippen LogP contribution in [0.3, 0.4) is 0 Å². The van der Waals surface area contributed by atoms with E-state index in [1.54, 1.807) is 20.8 Å². The van der Waals surface area contributed by atoms with Crippen molar-refractivity contribution >= 4 is 29.7 Å². The fourth-order valence-electron chi connectivity index (χ4n) is 7.17. The number of hydrogen-bond donors (Lipinski definition) is 2. The van der Waals surface area contributed by atoms with Crippen LogP contribution in [0.4, 0.5) is 4.79 Å². The highest BCUT2D eigenvalue weighted by molar-refractivity contribution is 7.99. The Bertz CT molecular complexity index is 1050. The Balaban J connectivity index is 5.04. The fraction of sp³-hybridized carbons (Fsp3) is 0.941. The Morgan fingerprint density at radius 1 is 0.500 bits per heavy atom. The molecule has 2 amide bonds. The molecule has 0 aromatic carbocycles. The van der Waals surface area contributed by atoms with E-state index in [-0.39, 0.29) is 18.5 Å². The number of nitrogens with one attached hydrogen (secondary N) is 2. The topological polar surface area (TPSA) is 121 Å². The third-order valence-electron chi connectivity index (χ3n) is 10.9. The molecule has 0 aliphatic heterocycles. The van der Waals surface area contributed by atoms with Crippen molar-refractivity contribution in [3.63, 3.8) is 0 Å². The molecule has 0 unspecified atom stereocenters.